The molecule has 4 heteroatoms. The van der Waals surface area contributed by atoms with Crippen molar-refractivity contribution in [2.24, 2.45) is 11.7 Å². The van der Waals surface area contributed by atoms with Crippen molar-refractivity contribution >= 4 is 5.91 Å². The van der Waals surface area contributed by atoms with E-state index in [9.17, 15) is 4.79 Å². The van der Waals surface area contributed by atoms with Crippen LogP contribution in [0.15, 0.2) is 24.3 Å². The summed E-state index contributed by atoms with van der Waals surface area (Å²) < 4.78 is 0. The molecule has 0 aliphatic heterocycles. The van der Waals surface area contributed by atoms with Crippen LogP contribution in [0.4, 0.5) is 0 Å². The van der Waals surface area contributed by atoms with Gasteiger partial charge in [0.25, 0.3) is 0 Å². The van der Waals surface area contributed by atoms with Crippen molar-refractivity contribution in [2.45, 2.75) is 26.4 Å². The molecule has 1 aromatic carbocycles. The van der Waals surface area contributed by atoms with Gasteiger partial charge in [-0.1, -0.05) is 26.0 Å². The molecule has 4 nitrogen and oxygen atoms in total. The Morgan fingerprint density at radius 1 is 1.41 bits per heavy atom. The van der Waals surface area contributed by atoms with Gasteiger partial charge in [-0.25, -0.2) is 0 Å². The van der Waals surface area contributed by atoms with E-state index in [0.29, 0.717) is 12.1 Å². The van der Waals surface area contributed by atoms with Gasteiger partial charge in [0.1, 0.15) is 0 Å². The van der Waals surface area contributed by atoms with Crippen molar-refractivity contribution in [1.82, 2.24) is 5.32 Å². The fraction of sp³-hybridized carbons (Fsp3) is 0.385. The average molecular weight is 231 g/mol. The number of hydrogen-bond donors (Lipinski definition) is 2. The predicted octanol–water partition coefficient (Wildman–Crippen LogP) is 1.16. The number of nitrogens with two attached hydrogens (primary N) is 1. The summed E-state index contributed by atoms with van der Waals surface area (Å²) in [7, 11) is 0. The first-order valence-corrected chi connectivity index (χ1v) is 5.57. The summed E-state index contributed by atoms with van der Waals surface area (Å²) in [6, 6.07) is 8.66. The molecule has 0 aromatic heterocycles. The molecular formula is C13H17N3O. The minimum Gasteiger partial charge on any atom is -0.351 e. The van der Waals surface area contributed by atoms with Crippen molar-refractivity contribution in [3.63, 3.8) is 0 Å². The molecule has 0 bridgehead atoms. The second-order valence-electron chi connectivity index (χ2n) is 4.30. The SMILES string of the molecule is CC(C)C(N)C(=O)NCc1ccc(C#N)cc1. The van der Waals surface area contributed by atoms with Crippen LogP contribution in [0.1, 0.15) is 25.0 Å². The maximum absolute atomic E-state index is 11.6. The zero-order chi connectivity index (χ0) is 12.8. The summed E-state index contributed by atoms with van der Waals surface area (Å²) in [5, 5.41) is 11.4. The van der Waals surface area contributed by atoms with Crippen LogP contribution in [0, 0.1) is 17.2 Å². The highest BCUT2D eigenvalue weighted by atomic mass is 16.2. The summed E-state index contributed by atoms with van der Waals surface area (Å²) in [6.07, 6.45) is 0. The lowest BCUT2D eigenvalue weighted by Gasteiger charge is -2.15. The summed E-state index contributed by atoms with van der Waals surface area (Å²) in [5.41, 5.74) is 7.28. The van der Waals surface area contributed by atoms with E-state index in [0.717, 1.165) is 5.56 Å². The zero-order valence-corrected chi connectivity index (χ0v) is 10.1. The Balaban J connectivity index is 2.50. The molecule has 1 rings (SSSR count). The molecule has 0 saturated heterocycles. The second-order valence-corrected chi connectivity index (χ2v) is 4.30. The largest absolute Gasteiger partial charge is 0.351 e. The molecule has 0 aliphatic carbocycles. The summed E-state index contributed by atoms with van der Waals surface area (Å²) in [6.45, 7) is 4.25. The molecule has 1 aromatic rings. The third kappa shape index (κ3) is 3.89. The molecule has 0 spiro atoms. The van der Waals surface area contributed by atoms with Crippen LogP contribution < -0.4 is 11.1 Å². The van der Waals surface area contributed by atoms with Gasteiger partial charge in [0.15, 0.2) is 0 Å². The Morgan fingerprint density at radius 2 is 2.00 bits per heavy atom. The van der Waals surface area contributed by atoms with Gasteiger partial charge in [-0.15, -0.1) is 0 Å². The molecule has 0 fully saturated rings. The number of benzene rings is 1. The standard InChI is InChI=1S/C13H17N3O/c1-9(2)12(15)13(17)16-8-11-5-3-10(7-14)4-6-11/h3-6,9,12H,8,15H2,1-2H3,(H,16,17). The highest BCUT2D eigenvalue weighted by Gasteiger charge is 2.16. The van der Waals surface area contributed by atoms with E-state index in [1.54, 1.807) is 12.1 Å². The first kappa shape index (κ1) is 13.2. The van der Waals surface area contributed by atoms with Crippen LogP contribution in [0.5, 0.6) is 0 Å². The first-order chi connectivity index (χ1) is 8.04. The van der Waals surface area contributed by atoms with Crippen LogP contribution in [0.25, 0.3) is 0 Å². The van der Waals surface area contributed by atoms with E-state index in [4.69, 9.17) is 11.0 Å². The van der Waals surface area contributed by atoms with Crippen LogP contribution in [-0.4, -0.2) is 11.9 Å². The summed E-state index contributed by atoms with van der Waals surface area (Å²) >= 11 is 0. The number of nitriles is 1. The third-order valence-corrected chi connectivity index (χ3v) is 2.57. The lowest BCUT2D eigenvalue weighted by molar-refractivity contribution is -0.123. The van der Waals surface area contributed by atoms with Crippen molar-refractivity contribution in [3.8, 4) is 6.07 Å². The fourth-order valence-electron chi connectivity index (χ4n) is 1.31. The summed E-state index contributed by atoms with van der Waals surface area (Å²) in [4.78, 5) is 11.6. The van der Waals surface area contributed by atoms with Crippen LogP contribution >= 0.6 is 0 Å². The minimum atomic E-state index is -0.478. The van der Waals surface area contributed by atoms with Gasteiger partial charge in [-0.2, -0.15) is 5.26 Å². The first-order valence-electron chi connectivity index (χ1n) is 5.57. The van der Waals surface area contributed by atoms with Gasteiger partial charge < -0.3 is 11.1 Å². The Labute approximate surface area is 101 Å². The molecule has 90 valence electrons. The molecule has 0 saturated carbocycles. The fourth-order valence-corrected chi connectivity index (χ4v) is 1.31. The quantitative estimate of drug-likeness (QED) is 0.816. The molecule has 1 unspecified atom stereocenters. The Morgan fingerprint density at radius 3 is 2.47 bits per heavy atom. The molecular weight excluding hydrogens is 214 g/mol. The van der Waals surface area contributed by atoms with E-state index < -0.39 is 6.04 Å². The molecule has 17 heavy (non-hydrogen) atoms. The van der Waals surface area contributed by atoms with Gasteiger partial charge >= 0.3 is 0 Å². The Bertz CT molecular complexity index is 417. The van der Waals surface area contributed by atoms with Crippen LogP contribution in [0.2, 0.25) is 0 Å². The number of carbonyl (C=O) groups excluding carboxylic acids is 1. The highest BCUT2D eigenvalue weighted by Crippen LogP contribution is 2.03. The molecule has 0 radical (unpaired) electrons. The zero-order valence-electron chi connectivity index (χ0n) is 10.1. The molecule has 0 heterocycles. The van der Waals surface area contributed by atoms with E-state index >= 15 is 0 Å². The molecule has 1 amide bonds. The third-order valence-electron chi connectivity index (χ3n) is 2.57. The van der Waals surface area contributed by atoms with Crippen molar-refractivity contribution < 1.29 is 4.79 Å². The lowest BCUT2D eigenvalue weighted by Crippen LogP contribution is -2.43. The Hall–Kier alpha value is -1.86. The second kappa shape index (κ2) is 6.02. The van der Waals surface area contributed by atoms with Gasteiger partial charge in [0.2, 0.25) is 5.91 Å². The maximum Gasteiger partial charge on any atom is 0.237 e. The molecule has 3 N–H and O–H groups in total. The van der Waals surface area contributed by atoms with Gasteiger partial charge in [-0.05, 0) is 23.6 Å². The van der Waals surface area contributed by atoms with E-state index in [1.165, 1.54) is 0 Å². The highest BCUT2D eigenvalue weighted by molar-refractivity contribution is 5.81. The van der Waals surface area contributed by atoms with Gasteiger partial charge in [0.05, 0.1) is 17.7 Å². The smallest absolute Gasteiger partial charge is 0.237 e. The van der Waals surface area contributed by atoms with Gasteiger partial charge in [-0.3, -0.25) is 4.79 Å². The minimum absolute atomic E-state index is 0.121. The van der Waals surface area contributed by atoms with Crippen molar-refractivity contribution in [1.29, 1.82) is 5.26 Å². The van der Waals surface area contributed by atoms with Crippen molar-refractivity contribution in [3.05, 3.63) is 35.4 Å². The van der Waals surface area contributed by atoms with E-state index in [2.05, 4.69) is 5.32 Å². The van der Waals surface area contributed by atoms with Crippen LogP contribution in [0.3, 0.4) is 0 Å². The number of amides is 1. The number of rotatable bonds is 4. The average Bonchev–Trinajstić information content (AvgIpc) is 2.35. The monoisotopic (exact) mass is 231 g/mol. The maximum atomic E-state index is 11.6. The number of carbonyl (C=O) groups is 1. The Kier molecular flexibility index (Phi) is 4.68. The topological polar surface area (TPSA) is 78.9 Å². The van der Waals surface area contributed by atoms with Crippen LogP contribution in [-0.2, 0) is 11.3 Å². The van der Waals surface area contributed by atoms with Crippen molar-refractivity contribution in [2.75, 3.05) is 0 Å². The number of hydrogen-bond acceptors (Lipinski definition) is 3. The lowest BCUT2D eigenvalue weighted by atomic mass is 10.0. The predicted molar refractivity (Wildman–Crippen MR) is 65.8 cm³/mol. The molecule has 0 aliphatic rings. The number of nitrogens with zero attached hydrogens (tertiary/aromatic N) is 1. The van der Waals surface area contributed by atoms with E-state index in [-0.39, 0.29) is 11.8 Å². The molecule has 1 atom stereocenters. The van der Waals surface area contributed by atoms with Gasteiger partial charge in [0, 0.05) is 6.54 Å². The number of nitrogens with one attached hydrogen (secondary N) is 1. The summed E-state index contributed by atoms with van der Waals surface area (Å²) in [5.74, 6) is -0.0275. The van der Waals surface area contributed by atoms with E-state index in [1.807, 2.05) is 32.0 Å². The normalized spacial score (nSPS) is 11.9.